The van der Waals surface area contributed by atoms with Gasteiger partial charge in [-0.05, 0) is 98.5 Å². The van der Waals surface area contributed by atoms with E-state index in [-0.39, 0.29) is 16.7 Å². The Balaban J connectivity index is 1.20. The molecule has 1 aromatic rings. The van der Waals surface area contributed by atoms with E-state index in [1.54, 1.807) is 37.3 Å². The number of carboxylic acid groups (broad SMARTS) is 1. The van der Waals surface area contributed by atoms with E-state index in [1.165, 1.54) is 12.0 Å². The van der Waals surface area contributed by atoms with Gasteiger partial charge in [-0.2, -0.15) is 0 Å². The SMILES string of the molecule is CC(=O)[C@H]1CC[C@H]2[C@H]3CCC4=CC(=NOCC(=O)N[C@H](C(=O)O)[C@H](O)c5ccccc5)CC[C@]4(C)[C@H]3CC[C@]12C. The molecule has 0 aromatic heterocycles. The van der Waals surface area contributed by atoms with Gasteiger partial charge in [0.25, 0.3) is 5.91 Å². The number of carbonyl (C=O) groups is 3. The normalized spacial score (nSPS) is 35.4. The summed E-state index contributed by atoms with van der Waals surface area (Å²) in [5.41, 5.74) is 2.88. The van der Waals surface area contributed by atoms with Crippen LogP contribution in [-0.2, 0) is 19.2 Å². The second-order valence-corrected chi connectivity index (χ2v) is 12.9. The van der Waals surface area contributed by atoms with Gasteiger partial charge in [-0.3, -0.25) is 9.59 Å². The predicted octanol–water partition coefficient (Wildman–Crippen LogP) is 4.83. The Morgan fingerprint density at radius 3 is 2.50 bits per heavy atom. The second-order valence-electron chi connectivity index (χ2n) is 12.9. The monoisotopic (exact) mass is 550 g/mol. The van der Waals surface area contributed by atoms with Crippen LogP contribution in [0.4, 0.5) is 0 Å². The van der Waals surface area contributed by atoms with Gasteiger partial charge in [0.05, 0.1) is 5.71 Å². The highest BCUT2D eigenvalue weighted by Crippen LogP contribution is 2.66. The average molecular weight is 551 g/mol. The van der Waals surface area contributed by atoms with E-state index < -0.39 is 30.6 Å². The van der Waals surface area contributed by atoms with Gasteiger partial charge in [-0.15, -0.1) is 0 Å². The zero-order valence-electron chi connectivity index (χ0n) is 23.8. The van der Waals surface area contributed by atoms with Gasteiger partial charge in [0, 0.05) is 5.92 Å². The molecule has 0 radical (unpaired) electrons. The number of oxime groups is 1. The summed E-state index contributed by atoms with van der Waals surface area (Å²) in [6.07, 6.45) is 9.17. The molecule has 8 atom stereocenters. The summed E-state index contributed by atoms with van der Waals surface area (Å²) in [5, 5.41) is 26.6. The largest absolute Gasteiger partial charge is 0.480 e. The maximum atomic E-state index is 12.4. The lowest BCUT2D eigenvalue weighted by atomic mass is 9.46. The maximum absolute atomic E-state index is 12.4. The fraction of sp³-hybridized carbons (Fsp3) is 0.625. The number of amides is 1. The first-order valence-corrected chi connectivity index (χ1v) is 14.7. The van der Waals surface area contributed by atoms with Gasteiger partial charge in [-0.1, -0.05) is 54.9 Å². The van der Waals surface area contributed by atoms with Crippen LogP contribution in [0.15, 0.2) is 47.1 Å². The van der Waals surface area contributed by atoms with E-state index in [9.17, 15) is 24.6 Å². The minimum atomic E-state index is -1.50. The summed E-state index contributed by atoms with van der Waals surface area (Å²) in [5.74, 6) is 0.502. The molecule has 1 aromatic carbocycles. The van der Waals surface area contributed by atoms with Crippen LogP contribution in [0.3, 0.4) is 0 Å². The van der Waals surface area contributed by atoms with Crippen LogP contribution in [-0.4, -0.2) is 46.2 Å². The maximum Gasteiger partial charge on any atom is 0.329 e. The number of aliphatic hydroxyl groups is 1. The van der Waals surface area contributed by atoms with E-state index in [2.05, 4.69) is 30.4 Å². The van der Waals surface area contributed by atoms with Gasteiger partial charge in [-0.25, -0.2) is 4.79 Å². The number of ketones is 1. The number of carboxylic acids is 1. The molecule has 0 heterocycles. The molecule has 0 spiro atoms. The number of hydrogen-bond donors (Lipinski definition) is 3. The lowest BCUT2D eigenvalue weighted by Crippen LogP contribution is -2.51. The van der Waals surface area contributed by atoms with E-state index in [4.69, 9.17) is 4.84 Å². The zero-order chi connectivity index (χ0) is 28.7. The molecule has 0 bridgehead atoms. The number of rotatable bonds is 8. The molecule has 3 N–H and O–H groups in total. The highest BCUT2D eigenvalue weighted by Gasteiger charge is 2.59. The summed E-state index contributed by atoms with van der Waals surface area (Å²) < 4.78 is 0. The predicted molar refractivity (Wildman–Crippen MR) is 150 cm³/mol. The number of fused-ring (bicyclic) bond motifs is 5. The van der Waals surface area contributed by atoms with Crippen molar-refractivity contribution in [1.82, 2.24) is 5.32 Å². The third-order valence-electron chi connectivity index (χ3n) is 10.9. The number of benzene rings is 1. The van der Waals surface area contributed by atoms with Crippen LogP contribution in [0.5, 0.6) is 0 Å². The van der Waals surface area contributed by atoms with Gasteiger partial charge in [0.2, 0.25) is 0 Å². The zero-order valence-corrected chi connectivity index (χ0v) is 23.8. The van der Waals surface area contributed by atoms with Crippen molar-refractivity contribution < 1.29 is 29.4 Å². The third-order valence-corrected chi connectivity index (χ3v) is 10.9. The Hall–Kier alpha value is -3.00. The van der Waals surface area contributed by atoms with E-state index in [1.807, 2.05) is 0 Å². The Bertz CT molecular complexity index is 1210. The van der Waals surface area contributed by atoms with E-state index >= 15 is 0 Å². The van der Waals surface area contributed by atoms with Gasteiger partial charge in [0.15, 0.2) is 12.6 Å². The molecule has 0 aliphatic heterocycles. The first-order chi connectivity index (χ1) is 19.0. The van der Waals surface area contributed by atoms with Gasteiger partial charge in [0.1, 0.15) is 11.9 Å². The smallest absolute Gasteiger partial charge is 0.329 e. The Morgan fingerprint density at radius 1 is 1.05 bits per heavy atom. The van der Waals surface area contributed by atoms with Crippen molar-refractivity contribution in [3.05, 3.63) is 47.5 Å². The number of nitrogens with zero attached hydrogens (tertiary/aromatic N) is 1. The van der Waals surface area contributed by atoms with Gasteiger partial charge < -0.3 is 20.4 Å². The molecule has 8 nitrogen and oxygen atoms in total. The molecule has 4 aliphatic carbocycles. The molecule has 5 rings (SSSR count). The number of carbonyl (C=O) groups excluding carboxylic acids is 2. The fourth-order valence-electron chi connectivity index (χ4n) is 8.82. The van der Waals surface area contributed by atoms with Crippen molar-refractivity contribution in [2.24, 2.45) is 39.7 Å². The van der Waals surface area contributed by atoms with Crippen LogP contribution < -0.4 is 5.32 Å². The summed E-state index contributed by atoms with van der Waals surface area (Å²) in [7, 11) is 0. The Morgan fingerprint density at radius 2 is 1.80 bits per heavy atom. The molecule has 3 fully saturated rings. The molecular formula is C32H42N2O6. The second kappa shape index (κ2) is 11.1. The molecule has 216 valence electrons. The van der Waals surface area contributed by atoms with E-state index in [0.29, 0.717) is 29.1 Å². The molecule has 8 heteroatoms. The number of aliphatic hydroxyl groups excluding tert-OH is 1. The third kappa shape index (κ3) is 5.11. The fourth-order valence-corrected chi connectivity index (χ4v) is 8.82. The topological polar surface area (TPSA) is 125 Å². The standard InChI is InChI=1S/C32H42N2O6/c1-19(35)24-11-12-25-23-10-9-21-17-22(13-15-31(21,2)26(23)14-16-32(24,25)3)34-40-18-27(36)33-28(30(38)39)29(37)20-7-5-4-6-8-20/h4-8,17,23-26,28-29,37H,9-16,18H2,1-3H3,(H,33,36)(H,38,39)/t23-,24-,25+,26+,28+,29-,31+,32-/m1/s1. The minimum absolute atomic E-state index is 0.122. The van der Waals surface area contributed by atoms with Crippen molar-refractivity contribution in [1.29, 1.82) is 0 Å². The highest BCUT2D eigenvalue weighted by molar-refractivity contribution is 5.96. The van der Waals surface area contributed by atoms with Crippen LogP contribution in [0, 0.1) is 34.5 Å². The number of hydrogen-bond acceptors (Lipinski definition) is 6. The molecule has 0 unspecified atom stereocenters. The molecule has 0 saturated heterocycles. The number of aliphatic carboxylic acids is 1. The summed E-state index contributed by atoms with van der Waals surface area (Å²) in [6.45, 7) is 6.13. The molecule has 3 saturated carbocycles. The highest BCUT2D eigenvalue weighted by atomic mass is 16.6. The minimum Gasteiger partial charge on any atom is -0.480 e. The van der Waals surface area contributed by atoms with Crippen LogP contribution in [0.1, 0.15) is 83.8 Å². The van der Waals surface area contributed by atoms with Crippen LogP contribution in [0.25, 0.3) is 0 Å². The number of Topliss-reactive ketones (excluding diaryl/α,β-unsaturated/α-hetero) is 1. The average Bonchev–Trinajstić information content (AvgIpc) is 3.29. The lowest BCUT2D eigenvalue weighted by Gasteiger charge is -2.58. The molecule has 4 aliphatic rings. The summed E-state index contributed by atoms with van der Waals surface area (Å²) in [4.78, 5) is 41.9. The van der Waals surface area contributed by atoms with Crippen molar-refractivity contribution in [2.75, 3.05) is 6.61 Å². The van der Waals surface area contributed by atoms with E-state index in [0.717, 1.165) is 50.7 Å². The molecule has 40 heavy (non-hydrogen) atoms. The lowest BCUT2D eigenvalue weighted by molar-refractivity contribution is -0.146. The quantitative estimate of drug-likeness (QED) is 0.398. The number of allylic oxidation sites excluding steroid dienone is 2. The molecular weight excluding hydrogens is 508 g/mol. The van der Waals surface area contributed by atoms with Crippen molar-refractivity contribution >= 4 is 23.4 Å². The van der Waals surface area contributed by atoms with Crippen molar-refractivity contribution in [2.45, 2.75) is 84.3 Å². The Labute approximate surface area is 236 Å². The summed E-state index contributed by atoms with van der Waals surface area (Å²) in [6, 6.07) is 6.86. The first kappa shape index (κ1) is 28.5. The van der Waals surface area contributed by atoms with Crippen LogP contribution >= 0.6 is 0 Å². The molecule has 1 amide bonds. The number of nitrogens with one attached hydrogen (secondary N) is 1. The van der Waals surface area contributed by atoms with Crippen molar-refractivity contribution in [3.63, 3.8) is 0 Å². The summed E-state index contributed by atoms with van der Waals surface area (Å²) >= 11 is 0. The van der Waals surface area contributed by atoms with Crippen molar-refractivity contribution in [3.8, 4) is 0 Å². The van der Waals surface area contributed by atoms with Gasteiger partial charge >= 0.3 is 5.97 Å². The van der Waals surface area contributed by atoms with Crippen LogP contribution in [0.2, 0.25) is 0 Å². The first-order valence-electron chi connectivity index (χ1n) is 14.7. The Kier molecular flexibility index (Phi) is 7.92.